The van der Waals surface area contributed by atoms with Crippen LogP contribution in [-0.4, -0.2) is 53.4 Å². The van der Waals surface area contributed by atoms with Crippen LogP contribution in [0.25, 0.3) is 11.1 Å². The monoisotopic (exact) mass is 412 g/mol. The number of aromatic nitrogens is 1. The molecule has 0 unspecified atom stereocenters. The molecule has 158 valence electrons. The molecule has 3 N–H and O–H groups in total. The Morgan fingerprint density at radius 1 is 1.30 bits per heavy atom. The third kappa shape index (κ3) is 4.93. The molecule has 1 aromatic carbocycles. The second-order valence-electron chi connectivity index (χ2n) is 7.39. The highest BCUT2D eigenvalue weighted by Crippen LogP contribution is 2.30. The van der Waals surface area contributed by atoms with Crippen molar-refractivity contribution in [2.24, 2.45) is 0 Å². The smallest absolute Gasteiger partial charge is 0.254 e. The van der Waals surface area contributed by atoms with Crippen LogP contribution in [0, 0.1) is 24.1 Å². The number of halogens is 1. The largest absolute Gasteiger partial charge is 0.396 e. The molecule has 2 aromatic rings. The summed E-state index contributed by atoms with van der Waals surface area (Å²) >= 11 is 0. The van der Waals surface area contributed by atoms with Gasteiger partial charge in [-0.25, -0.2) is 9.37 Å². The third-order valence-electron chi connectivity index (χ3n) is 5.02. The molecule has 3 rings (SSSR count). The molecule has 0 aliphatic heterocycles. The van der Waals surface area contributed by atoms with Crippen molar-refractivity contribution in [3.05, 3.63) is 46.9 Å². The van der Waals surface area contributed by atoms with Crippen LogP contribution < -0.4 is 10.2 Å². The van der Waals surface area contributed by atoms with Gasteiger partial charge >= 0.3 is 0 Å². The zero-order valence-electron chi connectivity index (χ0n) is 16.9. The van der Waals surface area contributed by atoms with E-state index in [9.17, 15) is 19.6 Å². The van der Waals surface area contributed by atoms with Gasteiger partial charge in [0.2, 0.25) is 0 Å². The SMILES string of the molecule is Cc1cc(F)c(C(=O)NC2CC2)cc1-c1cnc(N(CCO)CCCO)c(C#N)c1. The van der Waals surface area contributed by atoms with Crippen LogP contribution in [0.1, 0.15) is 40.7 Å². The second-order valence-corrected chi connectivity index (χ2v) is 7.39. The molecule has 1 fully saturated rings. The van der Waals surface area contributed by atoms with E-state index in [0.717, 1.165) is 12.8 Å². The molecule has 1 aromatic heterocycles. The lowest BCUT2D eigenvalue weighted by atomic mass is 9.97. The summed E-state index contributed by atoms with van der Waals surface area (Å²) in [7, 11) is 0. The Hall–Kier alpha value is -3.02. The summed E-state index contributed by atoms with van der Waals surface area (Å²) in [5, 5.41) is 30.8. The summed E-state index contributed by atoms with van der Waals surface area (Å²) in [6, 6.07) is 6.70. The average Bonchev–Trinajstić information content (AvgIpc) is 3.54. The highest BCUT2D eigenvalue weighted by molar-refractivity contribution is 5.96. The van der Waals surface area contributed by atoms with Crippen molar-refractivity contribution in [3.63, 3.8) is 0 Å². The molecule has 0 spiro atoms. The van der Waals surface area contributed by atoms with Crippen LogP contribution in [0.2, 0.25) is 0 Å². The number of carbonyl (C=O) groups is 1. The van der Waals surface area contributed by atoms with Gasteiger partial charge in [-0.05, 0) is 55.5 Å². The molecule has 7 nitrogen and oxygen atoms in total. The third-order valence-corrected chi connectivity index (χ3v) is 5.02. The van der Waals surface area contributed by atoms with Crippen molar-refractivity contribution in [3.8, 4) is 17.2 Å². The van der Waals surface area contributed by atoms with E-state index >= 15 is 0 Å². The number of benzene rings is 1. The molecule has 1 aliphatic carbocycles. The molecule has 1 saturated carbocycles. The molecule has 1 heterocycles. The average molecular weight is 412 g/mol. The molecule has 0 radical (unpaired) electrons. The first kappa shape index (κ1) is 21.7. The maximum Gasteiger partial charge on any atom is 0.254 e. The van der Waals surface area contributed by atoms with Crippen molar-refractivity contribution in [1.29, 1.82) is 5.26 Å². The quantitative estimate of drug-likeness (QED) is 0.582. The molecule has 30 heavy (non-hydrogen) atoms. The van der Waals surface area contributed by atoms with Gasteiger partial charge in [-0.2, -0.15) is 5.26 Å². The number of amides is 1. The zero-order valence-corrected chi connectivity index (χ0v) is 16.9. The van der Waals surface area contributed by atoms with Gasteiger partial charge in [0.1, 0.15) is 17.7 Å². The molecule has 1 amide bonds. The molecule has 8 heteroatoms. The van der Waals surface area contributed by atoms with Crippen LogP contribution in [-0.2, 0) is 0 Å². The molecule has 1 aliphatic rings. The van der Waals surface area contributed by atoms with Gasteiger partial charge in [0.05, 0.1) is 17.7 Å². The van der Waals surface area contributed by atoms with Crippen molar-refractivity contribution in [2.45, 2.75) is 32.2 Å². The Labute approximate surface area is 174 Å². The number of nitriles is 1. The number of aliphatic hydroxyl groups excluding tert-OH is 2. The highest BCUT2D eigenvalue weighted by atomic mass is 19.1. The minimum atomic E-state index is -0.586. The van der Waals surface area contributed by atoms with Crippen LogP contribution in [0.4, 0.5) is 10.2 Å². The predicted octanol–water partition coefficient (Wildman–Crippen LogP) is 2.14. The van der Waals surface area contributed by atoms with E-state index in [1.54, 1.807) is 24.1 Å². The number of pyridine rings is 1. The van der Waals surface area contributed by atoms with Crippen LogP contribution in [0.15, 0.2) is 24.4 Å². The van der Waals surface area contributed by atoms with E-state index in [0.29, 0.717) is 41.0 Å². The number of aryl methyl sites for hydroxylation is 1. The van der Waals surface area contributed by atoms with Crippen molar-refractivity contribution >= 4 is 11.7 Å². The van der Waals surface area contributed by atoms with Crippen molar-refractivity contribution < 1.29 is 19.4 Å². The Morgan fingerprint density at radius 2 is 2.07 bits per heavy atom. The normalized spacial score (nSPS) is 13.0. The number of aliphatic hydroxyl groups is 2. The van der Waals surface area contributed by atoms with E-state index in [1.165, 1.54) is 12.1 Å². The highest BCUT2D eigenvalue weighted by Gasteiger charge is 2.26. The van der Waals surface area contributed by atoms with Gasteiger partial charge in [0.15, 0.2) is 0 Å². The fourth-order valence-corrected chi connectivity index (χ4v) is 3.29. The number of hydrogen-bond acceptors (Lipinski definition) is 6. The zero-order chi connectivity index (χ0) is 21.7. The van der Waals surface area contributed by atoms with Gasteiger partial charge in [0.25, 0.3) is 5.91 Å². The van der Waals surface area contributed by atoms with E-state index in [2.05, 4.69) is 16.4 Å². The molecule has 0 bridgehead atoms. The Bertz CT molecular complexity index is 970. The number of hydrogen-bond donors (Lipinski definition) is 3. The Morgan fingerprint density at radius 3 is 2.70 bits per heavy atom. The van der Waals surface area contributed by atoms with Crippen molar-refractivity contribution in [2.75, 3.05) is 31.2 Å². The van der Waals surface area contributed by atoms with E-state index in [4.69, 9.17) is 5.11 Å². The maximum atomic E-state index is 14.4. The van der Waals surface area contributed by atoms with E-state index in [-0.39, 0.29) is 31.4 Å². The minimum absolute atomic E-state index is 0.0115. The molecule has 0 saturated heterocycles. The predicted molar refractivity (Wildman–Crippen MR) is 111 cm³/mol. The summed E-state index contributed by atoms with van der Waals surface area (Å²) in [4.78, 5) is 18.5. The van der Waals surface area contributed by atoms with Crippen LogP contribution in [0.5, 0.6) is 0 Å². The summed E-state index contributed by atoms with van der Waals surface area (Å²) in [6.45, 7) is 2.33. The van der Waals surface area contributed by atoms with Gasteiger partial charge in [-0.3, -0.25) is 4.79 Å². The summed E-state index contributed by atoms with van der Waals surface area (Å²) in [5.41, 5.74) is 2.11. The number of anilines is 1. The van der Waals surface area contributed by atoms with E-state index < -0.39 is 11.7 Å². The van der Waals surface area contributed by atoms with Gasteiger partial charge in [-0.15, -0.1) is 0 Å². The second kappa shape index (κ2) is 9.65. The lowest BCUT2D eigenvalue weighted by molar-refractivity contribution is 0.0947. The van der Waals surface area contributed by atoms with Crippen LogP contribution in [0.3, 0.4) is 0 Å². The van der Waals surface area contributed by atoms with Gasteiger partial charge in [-0.1, -0.05) is 0 Å². The lowest BCUT2D eigenvalue weighted by Crippen LogP contribution is -2.30. The maximum absolute atomic E-state index is 14.4. The standard InChI is InChI=1S/C22H25FN4O3/c1-14-9-20(23)19(22(30)26-17-3-4-17)11-18(14)16-10-15(12-24)21(25-13-16)27(6-8-29)5-2-7-28/h9-11,13,17,28-29H,2-8H2,1H3,(H,26,30). The first-order valence-corrected chi connectivity index (χ1v) is 9.96. The lowest BCUT2D eigenvalue weighted by Gasteiger charge is -2.23. The summed E-state index contributed by atoms with van der Waals surface area (Å²) < 4.78 is 14.4. The number of rotatable bonds is 9. The fourth-order valence-electron chi connectivity index (χ4n) is 3.29. The van der Waals surface area contributed by atoms with Gasteiger partial charge in [0, 0.05) is 37.5 Å². The number of nitrogens with zero attached hydrogens (tertiary/aromatic N) is 3. The summed E-state index contributed by atoms with van der Waals surface area (Å²) in [6.07, 6.45) is 3.86. The summed E-state index contributed by atoms with van der Waals surface area (Å²) in [5.74, 6) is -0.618. The Kier molecular flexibility index (Phi) is 6.98. The minimum Gasteiger partial charge on any atom is -0.396 e. The van der Waals surface area contributed by atoms with E-state index in [1.807, 2.05) is 0 Å². The number of nitrogens with one attached hydrogen (secondary N) is 1. The molecular formula is C22H25FN4O3. The van der Waals surface area contributed by atoms with Crippen molar-refractivity contribution in [1.82, 2.24) is 10.3 Å². The topological polar surface area (TPSA) is 109 Å². The van der Waals surface area contributed by atoms with Crippen LogP contribution >= 0.6 is 0 Å². The molecule has 0 atom stereocenters. The van der Waals surface area contributed by atoms with Gasteiger partial charge < -0.3 is 20.4 Å². The number of carbonyl (C=O) groups excluding carboxylic acids is 1. The Balaban J connectivity index is 1.97. The first-order valence-electron chi connectivity index (χ1n) is 9.96. The first-order chi connectivity index (χ1) is 14.5. The fraction of sp³-hybridized carbons (Fsp3) is 0.409. The molecular weight excluding hydrogens is 387 g/mol.